The van der Waals surface area contributed by atoms with E-state index in [1.807, 2.05) is 5.48 Å². The SMILES string of the molecule is CNOP(=O)([O-])Oc1ccc([N+](=O)[O-])cc1[N+](=O)[O-]. The molecule has 1 aromatic rings. The summed E-state index contributed by atoms with van der Waals surface area (Å²) < 4.78 is 19.5. The molecule has 1 aromatic carbocycles. The van der Waals surface area contributed by atoms with E-state index < -0.39 is 34.8 Å². The number of nitro benzene ring substituents is 2. The fourth-order valence-electron chi connectivity index (χ4n) is 1.09. The van der Waals surface area contributed by atoms with Crippen molar-refractivity contribution in [2.24, 2.45) is 0 Å². The predicted molar refractivity (Wildman–Crippen MR) is 58.1 cm³/mol. The van der Waals surface area contributed by atoms with Crippen LogP contribution in [0.4, 0.5) is 11.4 Å². The Morgan fingerprint density at radius 3 is 2.37 bits per heavy atom. The van der Waals surface area contributed by atoms with Crippen LogP contribution >= 0.6 is 7.82 Å². The summed E-state index contributed by atoms with van der Waals surface area (Å²) in [6.45, 7) is 0. The topological polar surface area (TPSA) is 157 Å². The number of nitrogens with zero attached hydrogens (tertiary/aromatic N) is 2. The molecule has 11 nitrogen and oxygen atoms in total. The van der Waals surface area contributed by atoms with Crippen molar-refractivity contribution in [1.29, 1.82) is 0 Å². The van der Waals surface area contributed by atoms with Crippen molar-refractivity contribution < 1.29 is 28.5 Å². The highest BCUT2D eigenvalue weighted by Crippen LogP contribution is 2.43. The lowest BCUT2D eigenvalue weighted by atomic mass is 10.2. The number of nitrogens with one attached hydrogen (secondary N) is 1. The second-order valence-electron chi connectivity index (χ2n) is 3.00. The molecule has 0 aromatic heterocycles. The smallest absolute Gasteiger partial charge is 0.336 e. The van der Waals surface area contributed by atoms with Crippen LogP contribution in [0.1, 0.15) is 0 Å². The van der Waals surface area contributed by atoms with Crippen LogP contribution in [-0.4, -0.2) is 16.9 Å². The van der Waals surface area contributed by atoms with Crippen LogP contribution in [-0.2, 0) is 9.19 Å². The third kappa shape index (κ3) is 3.96. The van der Waals surface area contributed by atoms with Gasteiger partial charge >= 0.3 is 13.5 Å². The number of benzene rings is 1. The van der Waals surface area contributed by atoms with Crippen LogP contribution in [0.25, 0.3) is 0 Å². The highest BCUT2D eigenvalue weighted by Gasteiger charge is 2.24. The highest BCUT2D eigenvalue weighted by molar-refractivity contribution is 7.46. The van der Waals surface area contributed by atoms with Crippen molar-refractivity contribution in [3.05, 3.63) is 38.4 Å². The first-order chi connectivity index (χ1) is 8.76. The maximum absolute atomic E-state index is 11.2. The lowest BCUT2D eigenvalue weighted by Crippen LogP contribution is -2.17. The summed E-state index contributed by atoms with van der Waals surface area (Å²) in [5, 5.41) is 21.2. The highest BCUT2D eigenvalue weighted by atomic mass is 31.2. The van der Waals surface area contributed by atoms with Gasteiger partial charge in [0.25, 0.3) is 5.69 Å². The molecule has 0 aliphatic carbocycles. The maximum Gasteiger partial charge on any atom is 0.336 e. The summed E-state index contributed by atoms with van der Waals surface area (Å²) in [6, 6.07) is 2.23. The van der Waals surface area contributed by atoms with Gasteiger partial charge in [0, 0.05) is 13.1 Å². The molecule has 0 radical (unpaired) electrons. The number of rotatable bonds is 6. The minimum absolute atomic E-state index is 0.575. The van der Waals surface area contributed by atoms with E-state index in [0.29, 0.717) is 6.07 Å². The molecule has 0 aliphatic rings. The molecule has 104 valence electrons. The van der Waals surface area contributed by atoms with Crippen molar-refractivity contribution in [2.75, 3.05) is 7.05 Å². The Bertz CT molecular complexity index is 561. The van der Waals surface area contributed by atoms with Gasteiger partial charge in [0.05, 0.1) is 15.9 Å². The Balaban J connectivity index is 3.18. The summed E-state index contributed by atoms with van der Waals surface area (Å²) >= 11 is 0. The second-order valence-corrected chi connectivity index (χ2v) is 4.26. The zero-order valence-electron chi connectivity index (χ0n) is 9.34. The number of non-ortho nitro benzene ring substituents is 1. The van der Waals surface area contributed by atoms with Crippen molar-refractivity contribution in [3.63, 3.8) is 0 Å². The largest absolute Gasteiger partial charge is 0.745 e. The van der Waals surface area contributed by atoms with Crippen LogP contribution in [0, 0.1) is 20.2 Å². The first-order valence-corrected chi connectivity index (χ1v) is 6.01. The van der Waals surface area contributed by atoms with E-state index in [4.69, 9.17) is 0 Å². The lowest BCUT2D eigenvalue weighted by Gasteiger charge is -2.21. The van der Waals surface area contributed by atoms with Crippen LogP contribution in [0.2, 0.25) is 0 Å². The molecule has 1 rings (SSSR count). The van der Waals surface area contributed by atoms with Gasteiger partial charge in [-0.05, 0) is 6.07 Å². The number of hydrogen-bond acceptors (Lipinski definition) is 9. The molecule has 1 atom stereocenters. The van der Waals surface area contributed by atoms with Crippen LogP contribution in [0.15, 0.2) is 18.2 Å². The molecular formula is C7H7N3O8P-. The Kier molecular flexibility index (Phi) is 4.51. The minimum atomic E-state index is -4.86. The van der Waals surface area contributed by atoms with E-state index >= 15 is 0 Å². The molecule has 0 heterocycles. The van der Waals surface area contributed by atoms with Crippen molar-refractivity contribution in [1.82, 2.24) is 5.48 Å². The first-order valence-electron chi connectivity index (χ1n) is 4.55. The standard InChI is InChI=1S/C7H8N3O8P/c1-8-18-19(15,16)17-7-3-2-5(9(11)12)4-6(7)10(13)14/h2-4,8H,1H3,(H,15,16)/p-1. The number of phosphoric ester groups is 1. The van der Waals surface area contributed by atoms with E-state index in [0.717, 1.165) is 19.2 Å². The van der Waals surface area contributed by atoms with Crippen molar-refractivity contribution in [2.45, 2.75) is 0 Å². The van der Waals surface area contributed by atoms with Gasteiger partial charge in [-0.25, -0.2) is 4.62 Å². The average Bonchev–Trinajstić information content (AvgIpc) is 2.27. The molecule has 12 heteroatoms. The number of hydrogen-bond donors (Lipinski definition) is 1. The predicted octanol–water partition coefficient (Wildman–Crippen LogP) is 0.501. The van der Waals surface area contributed by atoms with E-state index in [2.05, 4.69) is 9.15 Å². The van der Waals surface area contributed by atoms with Crippen LogP contribution in [0.5, 0.6) is 5.75 Å². The van der Waals surface area contributed by atoms with E-state index in [9.17, 15) is 29.7 Å². The number of phosphoric acid groups is 1. The van der Waals surface area contributed by atoms with Gasteiger partial charge in [-0.15, -0.1) is 0 Å². The molecule has 0 fully saturated rings. The van der Waals surface area contributed by atoms with E-state index in [1.165, 1.54) is 0 Å². The third-order valence-corrected chi connectivity index (χ3v) is 2.59. The number of nitro groups is 2. The van der Waals surface area contributed by atoms with Gasteiger partial charge < -0.3 is 9.42 Å². The Morgan fingerprint density at radius 2 is 1.89 bits per heavy atom. The molecule has 0 aliphatic heterocycles. The first kappa shape index (κ1) is 15.0. The average molecular weight is 292 g/mol. The van der Waals surface area contributed by atoms with E-state index in [-0.39, 0.29) is 0 Å². The molecule has 0 amide bonds. The minimum Gasteiger partial charge on any atom is -0.745 e. The van der Waals surface area contributed by atoms with E-state index in [1.54, 1.807) is 0 Å². The Morgan fingerprint density at radius 1 is 1.26 bits per heavy atom. The molecule has 0 bridgehead atoms. The molecule has 0 saturated heterocycles. The molecule has 1 unspecified atom stereocenters. The van der Waals surface area contributed by atoms with Gasteiger partial charge in [0.15, 0.2) is 0 Å². The van der Waals surface area contributed by atoms with Gasteiger partial charge in [-0.3, -0.25) is 24.8 Å². The molecule has 19 heavy (non-hydrogen) atoms. The van der Waals surface area contributed by atoms with Gasteiger partial charge in [0.2, 0.25) is 5.75 Å². The summed E-state index contributed by atoms with van der Waals surface area (Å²) in [6.07, 6.45) is 0. The fraction of sp³-hybridized carbons (Fsp3) is 0.143. The van der Waals surface area contributed by atoms with Gasteiger partial charge in [-0.1, -0.05) is 0 Å². The lowest BCUT2D eigenvalue weighted by molar-refractivity contribution is -0.394. The van der Waals surface area contributed by atoms with Crippen LogP contribution < -0.4 is 14.9 Å². The maximum atomic E-state index is 11.2. The summed E-state index contributed by atoms with van der Waals surface area (Å²) in [7, 11) is -3.72. The van der Waals surface area contributed by atoms with Crippen LogP contribution in [0.3, 0.4) is 0 Å². The zero-order valence-corrected chi connectivity index (χ0v) is 10.2. The van der Waals surface area contributed by atoms with Gasteiger partial charge in [0.1, 0.15) is 0 Å². The zero-order chi connectivity index (χ0) is 14.6. The fourth-order valence-corrected chi connectivity index (χ4v) is 1.75. The molecule has 0 saturated carbocycles. The molecular weight excluding hydrogens is 285 g/mol. The quantitative estimate of drug-likeness (QED) is 0.447. The second kappa shape index (κ2) is 5.71. The number of hydroxylamine groups is 1. The Labute approximate surface area is 105 Å². The van der Waals surface area contributed by atoms with Gasteiger partial charge in [-0.2, -0.15) is 5.48 Å². The molecule has 1 N–H and O–H groups in total. The molecule has 0 spiro atoms. The monoisotopic (exact) mass is 292 g/mol. The van der Waals surface area contributed by atoms with Crippen molar-refractivity contribution >= 4 is 19.2 Å². The summed E-state index contributed by atoms with van der Waals surface area (Å²) in [4.78, 5) is 30.4. The Hall–Kier alpha value is -2.07. The normalized spacial score (nSPS) is 13.6. The summed E-state index contributed by atoms with van der Waals surface area (Å²) in [5.41, 5.74) is 0.383. The summed E-state index contributed by atoms with van der Waals surface area (Å²) in [5.74, 6) is -0.691. The van der Waals surface area contributed by atoms with Crippen molar-refractivity contribution in [3.8, 4) is 5.75 Å². The third-order valence-electron chi connectivity index (χ3n) is 1.76.